The van der Waals surface area contributed by atoms with Crippen molar-refractivity contribution in [2.75, 3.05) is 13.7 Å². The van der Waals surface area contributed by atoms with Crippen LogP contribution in [0.1, 0.15) is 18.3 Å². The number of hydrogen-bond donors (Lipinski definition) is 2. The molecule has 102 valence electrons. The summed E-state index contributed by atoms with van der Waals surface area (Å²) in [5.74, 6) is 0.620. The van der Waals surface area contributed by atoms with E-state index in [0.29, 0.717) is 17.8 Å². The Morgan fingerprint density at radius 1 is 1.47 bits per heavy atom. The van der Waals surface area contributed by atoms with E-state index in [9.17, 15) is 4.79 Å². The second-order valence-electron chi connectivity index (χ2n) is 4.93. The monoisotopic (exact) mass is 261 g/mol. The van der Waals surface area contributed by atoms with Crippen molar-refractivity contribution in [3.8, 4) is 0 Å². The van der Waals surface area contributed by atoms with Crippen LogP contribution < -0.4 is 5.56 Å². The number of aliphatic hydroxyl groups is 1. The van der Waals surface area contributed by atoms with Gasteiger partial charge >= 0.3 is 0 Å². The van der Waals surface area contributed by atoms with Gasteiger partial charge in [0.25, 0.3) is 5.56 Å². The van der Waals surface area contributed by atoms with Crippen LogP contribution in [-0.2, 0) is 6.54 Å². The number of nitrogens with zero attached hydrogens (tertiary/aromatic N) is 2. The summed E-state index contributed by atoms with van der Waals surface area (Å²) in [6.07, 6.45) is 0. The van der Waals surface area contributed by atoms with Crippen molar-refractivity contribution in [1.82, 2.24) is 14.9 Å². The topological polar surface area (TPSA) is 69.2 Å². The Morgan fingerprint density at radius 3 is 2.89 bits per heavy atom. The number of aromatic amines is 1. The minimum atomic E-state index is -0.117. The fraction of sp³-hybridized carbons (Fsp3) is 0.429. The van der Waals surface area contributed by atoms with Crippen molar-refractivity contribution in [2.45, 2.75) is 26.4 Å². The third-order valence-electron chi connectivity index (χ3n) is 3.40. The van der Waals surface area contributed by atoms with Crippen LogP contribution in [0.4, 0.5) is 0 Å². The third-order valence-corrected chi connectivity index (χ3v) is 3.40. The highest BCUT2D eigenvalue weighted by molar-refractivity contribution is 5.80. The highest BCUT2D eigenvalue weighted by Gasteiger charge is 2.11. The van der Waals surface area contributed by atoms with Crippen LogP contribution >= 0.6 is 0 Å². The molecule has 0 fully saturated rings. The van der Waals surface area contributed by atoms with Crippen molar-refractivity contribution < 1.29 is 5.11 Å². The van der Waals surface area contributed by atoms with Crippen LogP contribution in [-0.4, -0.2) is 39.7 Å². The fourth-order valence-corrected chi connectivity index (χ4v) is 1.96. The lowest BCUT2D eigenvalue weighted by Crippen LogP contribution is -2.32. The van der Waals surface area contributed by atoms with Crippen molar-refractivity contribution in [3.05, 3.63) is 39.9 Å². The van der Waals surface area contributed by atoms with Crippen molar-refractivity contribution >= 4 is 10.9 Å². The zero-order chi connectivity index (χ0) is 14.0. The first-order valence-electron chi connectivity index (χ1n) is 6.32. The van der Waals surface area contributed by atoms with Gasteiger partial charge in [-0.1, -0.05) is 12.1 Å². The molecule has 2 N–H and O–H groups in total. The molecule has 0 aliphatic heterocycles. The van der Waals surface area contributed by atoms with Crippen molar-refractivity contribution in [1.29, 1.82) is 0 Å². The van der Waals surface area contributed by atoms with E-state index in [1.807, 2.05) is 37.9 Å². The molecule has 19 heavy (non-hydrogen) atoms. The molecule has 0 bridgehead atoms. The predicted molar refractivity (Wildman–Crippen MR) is 75.1 cm³/mol. The van der Waals surface area contributed by atoms with Crippen LogP contribution in [0.3, 0.4) is 0 Å². The minimum Gasteiger partial charge on any atom is -0.395 e. The van der Waals surface area contributed by atoms with Gasteiger partial charge in [0.1, 0.15) is 5.82 Å². The summed E-state index contributed by atoms with van der Waals surface area (Å²) in [5, 5.41) is 9.73. The standard InChI is InChI=1S/C14H19N3O2/c1-9-5-4-6-11-13(9)15-12(16-14(11)19)7-17(3)10(2)8-18/h4-6,10,18H,7-8H2,1-3H3,(H,15,16,19). The van der Waals surface area contributed by atoms with E-state index in [4.69, 9.17) is 5.11 Å². The van der Waals surface area contributed by atoms with Gasteiger partial charge in [-0.25, -0.2) is 4.98 Å². The lowest BCUT2D eigenvalue weighted by atomic mass is 10.1. The minimum absolute atomic E-state index is 0.0258. The molecular weight excluding hydrogens is 242 g/mol. The number of para-hydroxylation sites is 1. The largest absolute Gasteiger partial charge is 0.395 e. The lowest BCUT2D eigenvalue weighted by Gasteiger charge is -2.22. The SMILES string of the molecule is Cc1cccc2c(=O)[nH]c(CN(C)C(C)CO)nc12. The Kier molecular flexibility index (Phi) is 3.97. The van der Waals surface area contributed by atoms with E-state index in [1.165, 1.54) is 0 Å². The second kappa shape index (κ2) is 5.50. The van der Waals surface area contributed by atoms with E-state index >= 15 is 0 Å². The Morgan fingerprint density at radius 2 is 2.21 bits per heavy atom. The summed E-state index contributed by atoms with van der Waals surface area (Å²) in [6.45, 7) is 4.44. The van der Waals surface area contributed by atoms with Crippen LogP contribution in [0, 0.1) is 6.92 Å². The van der Waals surface area contributed by atoms with Crippen LogP contribution in [0.25, 0.3) is 10.9 Å². The Labute approximate surface area is 111 Å². The molecule has 0 amide bonds. The maximum absolute atomic E-state index is 12.0. The number of likely N-dealkylation sites (N-methyl/N-ethyl adjacent to an activating group) is 1. The third kappa shape index (κ3) is 2.83. The summed E-state index contributed by atoms with van der Waals surface area (Å²) in [6, 6.07) is 5.60. The zero-order valence-corrected chi connectivity index (χ0v) is 11.5. The van der Waals surface area contributed by atoms with Crippen LogP contribution in [0.5, 0.6) is 0 Å². The van der Waals surface area contributed by atoms with Gasteiger partial charge in [0.15, 0.2) is 0 Å². The molecule has 2 rings (SSSR count). The maximum Gasteiger partial charge on any atom is 0.258 e. The predicted octanol–water partition coefficient (Wildman–Crippen LogP) is 1.04. The fourth-order valence-electron chi connectivity index (χ4n) is 1.96. The molecule has 0 aliphatic rings. The number of benzene rings is 1. The zero-order valence-electron chi connectivity index (χ0n) is 11.5. The Hall–Kier alpha value is -1.72. The van der Waals surface area contributed by atoms with Gasteiger partial charge in [-0.3, -0.25) is 9.69 Å². The maximum atomic E-state index is 12.0. The number of H-pyrrole nitrogens is 1. The van der Waals surface area contributed by atoms with E-state index < -0.39 is 0 Å². The summed E-state index contributed by atoms with van der Waals surface area (Å²) in [4.78, 5) is 21.3. The molecule has 1 unspecified atom stereocenters. The van der Waals surface area contributed by atoms with E-state index in [1.54, 1.807) is 6.07 Å². The Bertz CT molecular complexity index is 636. The highest BCUT2D eigenvalue weighted by atomic mass is 16.3. The molecule has 0 radical (unpaired) electrons. The van der Waals surface area contributed by atoms with Gasteiger partial charge in [0.05, 0.1) is 24.1 Å². The number of fused-ring (bicyclic) bond motifs is 1. The smallest absolute Gasteiger partial charge is 0.258 e. The van der Waals surface area contributed by atoms with E-state index in [-0.39, 0.29) is 18.2 Å². The summed E-state index contributed by atoms with van der Waals surface area (Å²) in [5.41, 5.74) is 1.61. The van der Waals surface area contributed by atoms with Gasteiger partial charge < -0.3 is 10.1 Å². The summed E-state index contributed by atoms with van der Waals surface area (Å²) in [7, 11) is 1.89. The molecule has 5 heteroatoms. The van der Waals surface area contributed by atoms with E-state index in [0.717, 1.165) is 11.1 Å². The molecule has 1 aromatic carbocycles. The molecule has 0 aliphatic carbocycles. The first-order valence-corrected chi connectivity index (χ1v) is 6.32. The van der Waals surface area contributed by atoms with Gasteiger partial charge in [-0.15, -0.1) is 0 Å². The molecule has 1 aromatic heterocycles. The van der Waals surface area contributed by atoms with E-state index in [2.05, 4.69) is 9.97 Å². The van der Waals surface area contributed by atoms with Gasteiger partial charge in [0, 0.05) is 6.04 Å². The first-order chi connectivity index (χ1) is 9.02. The molecule has 0 saturated carbocycles. The lowest BCUT2D eigenvalue weighted by molar-refractivity contribution is 0.151. The number of aryl methyl sites for hydroxylation is 1. The number of aliphatic hydroxyl groups excluding tert-OH is 1. The van der Waals surface area contributed by atoms with Crippen molar-refractivity contribution in [2.24, 2.45) is 0 Å². The molecule has 0 saturated heterocycles. The number of nitrogens with one attached hydrogen (secondary N) is 1. The molecule has 1 heterocycles. The average molecular weight is 261 g/mol. The number of hydrogen-bond acceptors (Lipinski definition) is 4. The molecular formula is C14H19N3O2. The van der Waals surface area contributed by atoms with Crippen LogP contribution in [0.15, 0.2) is 23.0 Å². The Balaban J connectivity index is 2.41. The normalized spacial score (nSPS) is 13.1. The molecule has 0 spiro atoms. The second-order valence-corrected chi connectivity index (χ2v) is 4.93. The quantitative estimate of drug-likeness (QED) is 0.863. The summed E-state index contributed by atoms with van der Waals surface area (Å²) >= 11 is 0. The van der Waals surface area contributed by atoms with Gasteiger partial charge in [-0.2, -0.15) is 0 Å². The molecule has 5 nitrogen and oxygen atoms in total. The van der Waals surface area contributed by atoms with Gasteiger partial charge in [-0.05, 0) is 32.5 Å². The molecule has 1 atom stereocenters. The van der Waals surface area contributed by atoms with Crippen molar-refractivity contribution in [3.63, 3.8) is 0 Å². The average Bonchev–Trinajstić information content (AvgIpc) is 2.39. The van der Waals surface area contributed by atoms with Crippen LogP contribution in [0.2, 0.25) is 0 Å². The highest BCUT2D eigenvalue weighted by Crippen LogP contribution is 2.12. The van der Waals surface area contributed by atoms with Gasteiger partial charge in [0.2, 0.25) is 0 Å². The summed E-state index contributed by atoms with van der Waals surface area (Å²) < 4.78 is 0. The number of aromatic nitrogens is 2. The first kappa shape index (κ1) is 13.7. The molecule has 2 aromatic rings. The number of rotatable bonds is 4.